The number of aryl methyl sites for hydroxylation is 1. The van der Waals surface area contributed by atoms with Crippen LogP contribution in [0.3, 0.4) is 0 Å². The van der Waals surface area contributed by atoms with Gasteiger partial charge in [-0.2, -0.15) is 0 Å². The number of aromatic nitrogens is 4. The molecule has 2 aliphatic rings. The van der Waals surface area contributed by atoms with Gasteiger partial charge in [0.25, 0.3) is 0 Å². The van der Waals surface area contributed by atoms with Gasteiger partial charge in [0.05, 0.1) is 48.2 Å². The number of aliphatic hydroxyl groups is 1. The minimum atomic E-state index is -0.834. The molecule has 2 aromatic heterocycles. The van der Waals surface area contributed by atoms with Gasteiger partial charge in [-0.15, -0.1) is 0 Å². The molecule has 1 amide bonds. The summed E-state index contributed by atoms with van der Waals surface area (Å²) in [5.74, 6) is 0.545. The number of β-amino-alcohol motifs (C(OH)–C–C–N with tert-alkyl or cyclic N) is 1. The van der Waals surface area contributed by atoms with Crippen LogP contribution in [0.1, 0.15) is 12.8 Å². The fourth-order valence-corrected chi connectivity index (χ4v) is 4.78. The minimum absolute atomic E-state index is 0.132. The maximum Gasteiger partial charge on any atom is 0.409 e. The number of ether oxygens (including phenoxy) is 1. The lowest BCUT2D eigenvalue weighted by Crippen LogP contribution is -2.51. The number of halogens is 2. The number of fused-ring (bicyclic) bond motifs is 3. The Kier molecular flexibility index (Phi) is 5.90. The molecule has 2 atom stereocenters. The number of rotatable bonds is 3. The Morgan fingerprint density at radius 2 is 2.12 bits per heavy atom. The zero-order valence-electron chi connectivity index (χ0n) is 18.8. The van der Waals surface area contributed by atoms with Crippen LogP contribution in [0, 0.1) is 5.82 Å². The van der Waals surface area contributed by atoms with Crippen LogP contribution in [0.25, 0.3) is 22.3 Å². The van der Waals surface area contributed by atoms with Crippen LogP contribution in [0.5, 0.6) is 0 Å². The molecule has 0 aliphatic carbocycles. The van der Waals surface area contributed by atoms with E-state index >= 15 is 4.39 Å². The number of piperidine rings is 1. The predicted molar refractivity (Wildman–Crippen MR) is 126 cm³/mol. The molecule has 2 aliphatic heterocycles. The van der Waals surface area contributed by atoms with Crippen molar-refractivity contribution in [3.63, 3.8) is 0 Å². The topological polar surface area (TPSA) is 109 Å². The smallest absolute Gasteiger partial charge is 0.409 e. The van der Waals surface area contributed by atoms with E-state index in [4.69, 9.17) is 16.3 Å². The highest BCUT2D eigenvalue weighted by Gasteiger charge is 2.31. The molecule has 4 heterocycles. The van der Waals surface area contributed by atoms with Gasteiger partial charge in [-0.05, 0) is 25.0 Å². The number of carbonyl (C=O) groups excluding carboxylic acids is 1. The number of hydrogen-bond donors (Lipinski definition) is 2. The van der Waals surface area contributed by atoms with Gasteiger partial charge in [-0.3, -0.25) is 0 Å². The number of likely N-dealkylation sites (tertiary alicyclic amines) is 1. The lowest BCUT2D eigenvalue weighted by molar-refractivity contribution is 0.0503. The van der Waals surface area contributed by atoms with Crippen molar-refractivity contribution in [3.8, 4) is 11.3 Å². The molecule has 0 bridgehead atoms. The summed E-state index contributed by atoms with van der Waals surface area (Å²) in [6, 6.07) is 2.85. The molecule has 180 valence electrons. The van der Waals surface area contributed by atoms with Crippen LogP contribution in [0.15, 0.2) is 18.3 Å². The SMILES string of the molecule is COC(=O)N1CC[C@@H](Nc2ncc(Cl)c(-c3cc(F)c4nc5n(c4c3)CCCN5C)n2)[C@H](O)C1. The molecule has 5 rings (SSSR count). The summed E-state index contributed by atoms with van der Waals surface area (Å²) in [6.45, 7) is 2.18. The Morgan fingerprint density at radius 1 is 1.29 bits per heavy atom. The standard InChI is InChI=1S/C22H25ClFN7O3/c1-29-5-3-6-31-16-9-12(8-14(24)19(16)28-21(29)31)18-13(23)10-25-20(27-18)26-15-4-7-30(11-17(15)32)22(33)34-2/h8-10,15,17,32H,3-7,11H2,1-2H3,(H,25,26,27)/t15-,17-/m1/s1. The number of nitrogens with one attached hydrogen (secondary N) is 1. The average Bonchev–Trinajstić information content (AvgIpc) is 3.22. The van der Waals surface area contributed by atoms with Crippen molar-refractivity contribution in [2.24, 2.45) is 0 Å². The predicted octanol–water partition coefficient (Wildman–Crippen LogP) is 2.74. The molecular weight excluding hydrogens is 465 g/mol. The molecule has 0 spiro atoms. The van der Waals surface area contributed by atoms with E-state index in [1.807, 2.05) is 22.6 Å². The van der Waals surface area contributed by atoms with Crippen LogP contribution >= 0.6 is 11.6 Å². The highest BCUT2D eigenvalue weighted by molar-refractivity contribution is 6.33. The Morgan fingerprint density at radius 3 is 2.88 bits per heavy atom. The highest BCUT2D eigenvalue weighted by atomic mass is 35.5. The third-order valence-corrected chi connectivity index (χ3v) is 6.63. The number of methoxy groups -OCH3 is 1. The normalized spacial score (nSPS) is 20.4. The maximum absolute atomic E-state index is 15.1. The Balaban J connectivity index is 1.44. The largest absolute Gasteiger partial charge is 0.453 e. The lowest BCUT2D eigenvalue weighted by atomic mass is 10.0. The number of benzene rings is 1. The van der Waals surface area contributed by atoms with Gasteiger partial charge >= 0.3 is 6.09 Å². The average molecular weight is 490 g/mol. The lowest BCUT2D eigenvalue weighted by Gasteiger charge is -2.35. The summed E-state index contributed by atoms with van der Waals surface area (Å²) in [5.41, 5.74) is 1.89. The number of carbonyl (C=O) groups is 1. The van der Waals surface area contributed by atoms with Gasteiger partial charge in [0, 0.05) is 32.2 Å². The zero-order chi connectivity index (χ0) is 24.0. The van der Waals surface area contributed by atoms with Crippen molar-refractivity contribution in [1.29, 1.82) is 0 Å². The Labute approximate surface area is 200 Å². The summed E-state index contributed by atoms with van der Waals surface area (Å²) in [7, 11) is 3.25. The molecule has 12 heteroatoms. The highest BCUT2D eigenvalue weighted by Crippen LogP contribution is 2.34. The molecule has 34 heavy (non-hydrogen) atoms. The molecule has 10 nitrogen and oxygen atoms in total. The van der Waals surface area contributed by atoms with E-state index in [1.165, 1.54) is 24.3 Å². The molecule has 2 N–H and O–H groups in total. The quantitative estimate of drug-likeness (QED) is 0.578. The first-order chi connectivity index (χ1) is 16.4. The molecule has 1 aromatic carbocycles. The van der Waals surface area contributed by atoms with Crippen molar-refractivity contribution in [2.75, 3.05) is 44.0 Å². The van der Waals surface area contributed by atoms with E-state index in [0.29, 0.717) is 35.3 Å². The second-order valence-corrected chi connectivity index (χ2v) is 8.98. The Bertz CT molecular complexity index is 1250. The van der Waals surface area contributed by atoms with Crippen molar-refractivity contribution in [2.45, 2.75) is 31.5 Å². The van der Waals surface area contributed by atoms with Crippen LogP contribution in [0.2, 0.25) is 5.02 Å². The van der Waals surface area contributed by atoms with Crippen LogP contribution < -0.4 is 10.2 Å². The molecule has 0 saturated carbocycles. The summed E-state index contributed by atoms with van der Waals surface area (Å²) in [6.07, 6.45) is 1.56. The van der Waals surface area contributed by atoms with Crippen molar-refractivity contribution in [1.82, 2.24) is 24.4 Å². The summed E-state index contributed by atoms with van der Waals surface area (Å²) in [4.78, 5) is 28.4. The van der Waals surface area contributed by atoms with Gasteiger partial charge in [-0.25, -0.2) is 24.1 Å². The molecule has 0 radical (unpaired) electrons. The van der Waals surface area contributed by atoms with Crippen LogP contribution in [0.4, 0.5) is 21.1 Å². The molecule has 1 saturated heterocycles. The summed E-state index contributed by atoms with van der Waals surface area (Å²) in [5, 5.41) is 13.9. The van der Waals surface area contributed by atoms with E-state index in [-0.39, 0.29) is 23.6 Å². The van der Waals surface area contributed by atoms with Gasteiger partial charge in [0.2, 0.25) is 11.9 Å². The van der Waals surface area contributed by atoms with Crippen molar-refractivity contribution in [3.05, 3.63) is 29.2 Å². The van der Waals surface area contributed by atoms with Crippen molar-refractivity contribution >= 4 is 40.6 Å². The second-order valence-electron chi connectivity index (χ2n) is 8.58. The first-order valence-corrected chi connectivity index (χ1v) is 11.4. The molecule has 3 aromatic rings. The summed E-state index contributed by atoms with van der Waals surface area (Å²) < 4.78 is 21.8. The van der Waals surface area contributed by atoms with Gasteiger partial charge < -0.3 is 29.5 Å². The van der Waals surface area contributed by atoms with Gasteiger partial charge in [-0.1, -0.05) is 11.6 Å². The number of aliphatic hydroxyl groups excluding tert-OH is 1. The number of hydrogen-bond acceptors (Lipinski definition) is 8. The molecular formula is C22H25ClFN7O3. The number of anilines is 2. The maximum atomic E-state index is 15.1. The van der Waals surface area contributed by atoms with Gasteiger partial charge in [0.15, 0.2) is 5.82 Å². The van der Waals surface area contributed by atoms with E-state index < -0.39 is 18.0 Å². The third kappa shape index (κ3) is 3.98. The minimum Gasteiger partial charge on any atom is -0.453 e. The second kappa shape index (κ2) is 8.88. The van der Waals surface area contributed by atoms with E-state index in [9.17, 15) is 9.90 Å². The number of nitrogens with zero attached hydrogens (tertiary/aromatic N) is 6. The Hall–Kier alpha value is -3.18. The first-order valence-electron chi connectivity index (χ1n) is 11.1. The molecule has 1 fully saturated rings. The zero-order valence-corrected chi connectivity index (χ0v) is 19.6. The number of imidazole rings is 1. The summed E-state index contributed by atoms with van der Waals surface area (Å²) >= 11 is 6.40. The fourth-order valence-electron chi connectivity index (χ4n) is 4.58. The first kappa shape index (κ1) is 22.6. The number of amides is 1. The molecule has 0 unspecified atom stereocenters. The van der Waals surface area contributed by atoms with Crippen molar-refractivity contribution < 1.29 is 19.0 Å². The van der Waals surface area contributed by atoms with E-state index in [2.05, 4.69) is 20.3 Å². The van der Waals surface area contributed by atoms with E-state index in [0.717, 1.165) is 25.5 Å². The fraction of sp³-hybridized carbons (Fsp3) is 0.455. The monoisotopic (exact) mass is 489 g/mol. The van der Waals surface area contributed by atoms with Crippen LogP contribution in [-0.2, 0) is 11.3 Å². The van der Waals surface area contributed by atoms with E-state index in [1.54, 1.807) is 0 Å². The van der Waals surface area contributed by atoms with Crippen LogP contribution in [-0.4, -0.2) is 81.6 Å². The van der Waals surface area contributed by atoms with Gasteiger partial charge in [0.1, 0.15) is 5.52 Å². The third-order valence-electron chi connectivity index (χ3n) is 6.35.